The normalized spacial score (nSPS) is 24.5. The molecule has 0 saturated carbocycles. The minimum Gasteiger partial charge on any atom is -0.388 e. The smallest absolute Gasteiger partial charge is 0.162 e. The van der Waals surface area contributed by atoms with Crippen molar-refractivity contribution < 1.29 is 14.3 Å². The van der Waals surface area contributed by atoms with Crippen LogP contribution in [0.15, 0.2) is 42.5 Å². The maximum atomic E-state index is 13.0. The molecule has 3 nitrogen and oxygen atoms in total. The predicted octanol–water partition coefficient (Wildman–Crippen LogP) is 4.18. The number of halogens is 1. The molecule has 1 fully saturated rings. The number of hydrogen-bond donors (Lipinski definition) is 1. The Morgan fingerprint density at radius 1 is 1.26 bits per heavy atom. The molecule has 2 aromatic rings. The third-order valence-electron chi connectivity index (χ3n) is 6.20. The van der Waals surface area contributed by atoms with Crippen molar-refractivity contribution in [3.63, 3.8) is 0 Å². The zero-order valence-corrected chi connectivity index (χ0v) is 15.7. The molecule has 1 saturated heterocycles. The summed E-state index contributed by atoms with van der Waals surface area (Å²) in [5.74, 6) is -0.246. The maximum Gasteiger partial charge on any atom is 0.162 e. The van der Waals surface area contributed by atoms with Gasteiger partial charge in [-0.05, 0) is 74.7 Å². The van der Waals surface area contributed by atoms with Crippen molar-refractivity contribution in [2.24, 2.45) is 0 Å². The summed E-state index contributed by atoms with van der Waals surface area (Å²) in [5, 5.41) is 10.5. The number of aliphatic hydroxyl groups is 1. The third-order valence-corrected chi connectivity index (χ3v) is 6.20. The monoisotopic (exact) mass is 367 g/mol. The lowest BCUT2D eigenvalue weighted by Gasteiger charge is -2.26. The van der Waals surface area contributed by atoms with Gasteiger partial charge in [-0.15, -0.1) is 0 Å². The van der Waals surface area contributed by atoms with E-state index in [-0.39, 0.29) is 23.1 Å². The molecule has 1 spiro atoms. The Morgan fingerprint density at radius 3 is 2.81 bits per heavy atom. The van der Waals surface area contributed by atoms with Crippen LogP contribution >= 0.6 is 0 Å². The Balaban J connectivity index is 1.35. The van der Waals surface area contributed by atoms with Crippen molar-refractivity contribution in [2.75, 3.05) is 19.6 Å². The number of ketones is 1. The van der Waals surface area contributed by atoms with E-state index in [4.69, 9.17) is 0 Å². The molecule has 1 aliphatic heterocycles. The lowest BCUT2D eigenvalue weighted by molar-refractivity contribution is 0.0975. The van der Waals surface area contributed by atoms with Gasteiger partial charge >= 0.3 is 0 Å². The molecule has 1 N–H and O–H groups in total. The Bertz CT molecular complexity index is 848. The summed E-state index contributed by atoms with van der Waals surface area (Å²) in [5.41, 5.74) is 4.29. The number of benzene rings is 2. The zero-order valence-electron chi connectivity index (χ0n) is 15.7. The largest absolute Gasteiger partial charge is 0.388 e. The SMILES string of the molecule is Cc1ccc2c(c1)C1(CCN(CCCC(=O)c3ccc(F)cc3)C1)CC2O. The van der Waals surface area contributed by atoms with E-state index in [1.165, 1.54) is 23.3 Å². The summed E-state index contributed by atoms with van der Waals surface area (Å²) in [7, 11) is 0. The van der Waals surface area contributed by atoms with Gasteiger partial charge in [-0.2, -0.15) is 0 Å². The van der Waals surface area contributed by atoms with Gasteiger partial charge in [0.15, 0.2) is 5.78 Å². The second-order valence-electron chi connectivity index (χ2n) is 8.15. The molecule has 2 aromatic carbocycles. The summed E-state index contributed by atoms with van der Waals surface area (Å²) in [6.07, 6.45) is 2.78. The maximum absolute atomic E-state index is 13.0. The molecule has 0 aromatic heterocycles. The molecule has 0 amide bonds. The minimum absolute atomic E-state index is 0.0573. The van der Waals surface area contributed by atoms with Crippen molar-refractivity contribution in [3.8, 4) is 0 Å². The molecular formula is C23H26FNO2. The van der Waals surface area contributed by atoms with Gasteiger partial charge in [0.25, 0.3) is 0 Å². The van der Waals surface area contributed by atoms with Gasteiger partial charge in [0, 0.05) is 23.9 Å². The summed E-state index contributed by atoms with van der Waals surface area (Å²) in [4.78, 5) is 14.7. The van der Waals surface area contributed by atoms with Crippen molar-refractivity contribution in [1.29, 1.82) is 0 Å². The fourth-order valence-electron chi connectivity index (χ4n) is 4.79. The van der Waals surface area contributed by atoms with E-state index >= 15 is 0 Å². The number of likely N-dealkylation sites (tertiary alicyclic amines) is 1. The number of nitrogens with zero attached hydrogens (tertiary/aromatic N) is 1. The van der Waals surface area contributed by atoms with Gasteiger partial charge in [0.2, 0.25) is 0 Å². The first-order chi connectivity index (χ1) is 13.0. The van der Waals surface area contributed by atoms with Crippen LogP contribution in [-0.4, -0.2) is 35.4 Å². The van der Waals surface area contributed by atoms with Crippen LogP contribution < -0.4 is 0 Å². The van der Waals surface area contributed by atoms with Crippen LogP contribution in [-0.2, 0) is 5.41 Å². The third kappa shape index (κ3) is 3.56. The molecule has 4 heteroatoms. The van der Waals surface area contributed by atoms with Crippen molar-refractivity contribution in [3.05, 3.63) is 70.5 Å². The lowest BCUT2D eigenvalue weighted by Crippen LogP contribution is -2.30. The lowest BCUT2D eigenvalue weighted by atomic mass is 9.80. The van der Waals surface area contributed by atoms with Crippen LogP contribution in [0.2, 0.25) is 0 Å². The van der Waals surface area contributed by atoms with Gasteiger partial charge in [-0.25, -0.2) is 4.39 Å². The van der Waals surface area contributed by atoms with Gasteiger partial charge in [-0.3, -0.25) is 4.79 Å². The van der Waals surface area contributed by atoms with Crippen LogP contribution in [0.4, 0.5) is 4.39 Å². The van der Waals surface area contributed by atoms with E-state index in [1.807, 2.05) is 0 Å². The highest BCUT2D eigenvalue weighted by Crippen LogP contribution is 2.50. The van der Waals surface area contributed by atoms with Crippen LogP contribution in [0.5, 0.6) is 0 Å². The number of aliphatic hydroxyl groups excluding tert-OH is 1. The minimum atomic E-state index is -0.361. The first kappa shape index (κ1) is 18.3. The summed E-state index contributed by atoms with van der Waals surface area (Å²) in [6.45, 7) is 4.94. The Hall–Kier alpha value is -2.04. The number of fused-ring (bicyclic) bond motifs is 2. The molecular weight excluding hydrogens is 341 g/mol. The highest BCUT2D eigenvalue weighted by molar-refractivity contribution is 5.95. The summed E-state index contributed by atoms with van der Waals surface area (Å²) < 4.78 is 13.0. The zero-order chi connectivity index (χ0) is 19.0. The van der Waals surface area contributed by atoms with Gasteiger partial charge in [0.1, 0.15) is 5.82 Å². The topological polar surface area (TPSA) is 40.5 Å². The summed E-state index contributed by atoms with van der Waals surface area (Å²) >= 11 is 0. The Morgan fingerprint density at radius 2 is 2.04 bits per heavy atom. The van der Waals surface area contributed by atoms with Gasteiger partial charge < -0.3 is 10.0 Å². The van der Waals surface area contributed by atoms with Crippen LogP contribution in [0.1, 0.15) is 58.8 Å². The van der Waals surface area contributed by atoms with E-state index in [1.54, 1.807) is 12.1 Å². The van der Waals surface area contributed by atoms with Gasteiger partial charge in [0.05, 0.1) is 6.10 Å². The second-order valence-corrected chi connectivity index (χ2v) is 8.15. The Kier molecular flexibility index (Phi) is 4.87. The highest BCUT2D eigenvalue weighted by atomic mass is 19.1. The molecule has 0 radical (unpaired) electrons. The first-order valence-corrected chi connectivity index (χ1v) is 9.77. The molecule has 2 aliphatic rings. The van der Waals surface area contributed by atoms with Crippen LogP contribution in [0.3, 0.4) is 0 Å². The van der Waals surface area contributed by atoms with Crippen molar-refractivity contribution in [2.45, 2.75) is 44.1 Å². The number of rotatable bonds is 5. The molecule has 2 unspecified atom stereocenters. The second kappa shape index (κ2) is 7.17. The molecule has 4 rings (SSSR count). The van der Waals surface area contributed by atoms with E-state index in [9.17, 15) is 14.3 Å². The van der Waals surface area contributed by atoms with Crippen molar-refractivity contribution >= 4 is 5.78 Å². The Labute approximate surface area is 159 Å². The summed E-state index contributed by atoms with van der Waals surface area (Å²) in [6, 6.07) is 12.2. The predicted molar refractivity (Wildman–Crippen MR) is 103 cm³/mol. The van der Waals surface area contributed by atoms with Gasteiger partial charge in [-0.1, -0.05) is 23.8 Å². The number of hydrogen-bond acceptors (Lipinski definition) is 3. The van der Waals surface area contributed by atoms with Crippen LogP contribution in [0, 0.1) is 12.7 Å². The fraction of sp³-hybridized carbons (Fsp3) is 0.435. The number of Topliss-reactive ketones (excluding diaryl/α,β-unsaturated/α-hetero) is 1. The average molecular weight is 367 g/mol. The standard InChI is InChI=1S/C23H26FNO2/c1-16-4-9-19-20(13-16)23(14-22(19)27)10-12-25(15-23)11-2-3-21(26)17-5-7-18(24)8-6-17/h4-9,13,22,27H,2-3,10-12,14-15H2,1H3. The molecule has 0 bridgehead atoms. The quantitative estimate of drug-likeness (QED) is 0.806. The number of aryl methyl sites for hydroxylation is 1. The fourth-order valence-corrected chi connectivity index (χ4v) is 4.79. The van der Waals surface area contributed by atoms with E-state index in [2.05, 4.69) is 30.0 Å². The first-order valence-electron chi connectivity index (χ1n) is 9.77. The molecule has 27 heavy (non-hydrogen) atoms. The number of carbonyl (C=O) groups excluding carboxylic acids is 1. The highest BCUT2D eigenvalue weighted by Gasteiger charge is 2.47. The molecule has 1 aliphatic carbocycles. The van der Waals surface area contributed by atoms with E-state index < -0.39 is 0 Å². The van der Waals surface area contributed by atoms with E-state index in [0.717, 1.165) is 44.5 Å². The molecule has 1 heterocycles. The van der Waals surface area contributed by atoms with Crippen molar-refractivity contribution in [1.82, 2.24) is 4.90 Å². The van der Waals surface area contributed by atoms with Crippen LogP contribution in [0.25, 0.3) is 0 Å². The average Bonchev–Trinajstić information content (AvgIpc) is 3.17. The molecule has 2 atom stereocenters. The molecule has 142 valence electrons. The number of carbonyl (C=O) groups is 1. The van der Waals surface area contributed by atoms with E-state index in [0.29, 0.717) is 12.0 Å².